The Morgan fingerprint density at radius 2 is 2.13 bits per heavy atom. The van der Waals surface area contributed by atoms with Gasteiger partial charge in [0.15, 0.2) is 0 Å². The maximum absolute atomic E-state index is 12.0. The van der Waals surface area contributed by atoms with Gasteiger partial charge in [-0.05, 0) is 32.0 Å². The monoisotopic (exact) mass is 335 g/mol. The molecule has 2 rings (SSSR count). The topological polar surface area (TPSA) is 72.5 Å². The standard InChI is InChI=1S/C16H21N3O3S/c1-10-9-23-15(18-10)8-17-16(20)19-11(2)13-7-12(21-3)5-6-14(13)22-4/h5-7,9,11H,8H2,1-4H3,(H2,17,19,20). The number of benzene rings is 1. The fraction of sp³-hybridized carbons (Fsp3) is 0.375. The van der Waals surface area contributed by atoms with Gasteiger partial charge in [-0.25, -0.2) is 9.78 Å². The molecule has 0 saturated carbocycles. The van der Waals surface area contributed by atoms with Gasteiger partial charge in [-0.2, -0.15) is 0 Å². The molecule has 124 valence electrons. The highest BCUT2D eigenvalue weighted by Crippen LogP contribution is 2.29. The second kappa shape index (κ2) is 7.82. The lowest BCUT2D eigenvalue weighted by Crippen LogP contribution is -2.36. The molecule has 7 heteroatoms. The molecule has 0 aliphatic heterocycles. The maximum Gasteiger partial charge on any atom is 0.315 e. The summed E-state index contributed by atoms with van der Waals surface area (Å²) in [6.45, 7) is 4.23. The van der Waals surface area contributed by atoms with Crippen LogP contribution in [0.5, 0.6) is 11.5 Å². The van der Waals surface area contributed by atoms with E-state index in [0.29, 0.717) is 18.0 Å². The average molecular weight is 335 g/mol. The molecule has 1 aromatic heterocycles. The van der Waals surface area contributed by atoms with Crippen molar-refractivity contribution >= 4 is 17.4 Å². The first-order valence-electron chi connectivity index (χ1n) is 7.20. The molecular formula is C16H21N3O3S. The summed E-state index contributed by atoms with van der Waals surface area (Å²) in [4.78, 5) is 16.4. The molecule has 1 heterocycles. The largest absolute Gasteiger partial charge is 0.497 e. The number of nitrogens with zero attached hydrogens (tertiary/aromatic N) is 1. The summed E-state index contributed by atoms with van der Waals surface area (Å²) in [5.74, 6) is 1.42. The third kappa shape index (κ3) is 4.59. The zero-order valence-corrected chi connectivity index (χ0v) is 14.5. The quantitative estimate of drug-likeness (QED) is 0.851. The normalized spacial score (nSPS) is 11.7. The molecule has 0 fully saturated rings. The molecule has 0 spiro atoms. The van der Waals surface area contributed by atoms with Gasteiger partial charge in [-0.1, -0.05) is 0 Å². The number of aryl methyl sites for hydroxylation is 1. The minimum absolute atomic E-state index is 0.224. The molecule has 2 N–H and O–H groups in total. The van der Waals surface area contributed by atoms with E-state index in [2.05, 4.69) is 15.6 Å². The molecule has 0 aliphatic carbocycles. The van der Waals surface area contributed by atoms with Crippen LogP contribution in [0.2, 0.25) is 0 Å². The highest BCUT2D eigenvalue weighted by Gasteiger charge is 2.15. The summed E-state index contributed by atoms with van der Waals surface area (Å²) in [7, 11) is 3.20. The number of amides is 2. The predicted octanol–water partition coefficient (Wildman–Crippen LogP) is 3.03. The van der Waals surface area contributed by atoms with Crippen molar-refractivity contribution in [3.05, 3.63) is 39.8 Å². The first-order valence-corrected chi connectivity index (χ1v) is 8.08. The SMILES string of the molecule is COc1ccc(OC)c(C(C)NC(=O)NCc2nc(C)cs2)c1. The number of carbonyl (C=O) groups excluding carboxylic acids is 1. The third-order valence-electron chi connectivity index (χ3n) is 3.32. The van der Waals surface area contributed by atoms with Gasteiger partial charge in [0.1, 0.15) is 16.5 Å². The molecule has 2 amide bonds. The zero-order chi connectivity index (χ0) is 16.8. The molecule has 6 nitrogen and oxygen atoms in total. The first kappa shape index (κ1) is 17.1. The lowest BCUT2D eigenvalue weighted by atomic mass is 10.1. The van der Waals surface area contributed by atoms with Gasteiger partial charge in [0.05, 0.1) is 26.8 Å². The van der Waals surface area contributed by atoms with Crippen LogP contribution in [0.25, 0.3) is 0 Å². The summed E-state index contributed by atoms with van der Waals surface area (Å²) >= 11 is 1.53. The van der Waals surface area contributed by atoms with E-state index in [1.165, 1.54) is 11.3 Å². The number of urea groups is 1. The van der Waals surface area contributed by atoms with E-state index in [-0.39, 0.29) is 12.1 Å². The van der Waals surface area contributed by atoms with Crippen LogP contribution in [-0.2, 0) is 6.54 Å². The van der Waals surface area contributed by atoms with Crippen molar-refractivity contribution in [3.8, 4) is 11.5 Å². The van der Waals surface area contributed by atoms with Crippen LogP contribution in [0.1, 0.15) is 29.2 Å². The number of methoxy groups -OCH3 is 2. The lowest BCUT2D eigenvalue weighted by molar-refractivity contribution is 0.237. The number of thiazole rings is 1. The molecule has 1 aromatic carbocycles. The fourth-order valence-electron chi connectivity index (χ4n) is 2.14. The molecule has 2 aromatic rings. The second-order valence-electron chi connectivity index (χ2n) is 5.04. The Morgan fingerprint density at radius 1 is 1.35 bits per heavy atom. The van der Waals surface area contributed by atoms with Gasteiger partial charge in [0.25, 0.3) is 0 Å². The van der Waals surface area contributed by atoms with E-state index in [4.69, 9.17) is 9.47 Å². The van der Waals surface area contributed by atoms with Crippen molar-refractivity contribution in [2.75, 3.05) is 14.2 Å². The van der Waals surface area contributed by atoms with Crippen molar-refractivity contribution in [3.63, 3.8) is 0 Å². The van der Waals surface area contributed by atoms with Crippen molar-refractivity contribution in [1.82, 2.24) is 15.6 Å². The Morgan fingerprint density at radius 3 is 2.74 bits per heavy atom. The van der Waals surface area contributed by atoms with Gasteiger partial charge in [0.2, 0.25) is 0 Å². The molecule has 0 radical (unpaired) electrons. The van der Waals surface area contributed by atoms with E-state index in [1.807, 2.05) is 37.4 Å². The van der Waals surface area contributed by atoms with Gasteiger partial charge in [0, 0.05) is 16.6 Å². The van der Waals surface area contributed by atoms with Gasteiger partial charge >= 0.3 is 6.03 Å². The first-order chi connectivity index (χ1) is 11.0. The van der Waals surface area contributed by atoms with Crippen LogP contribution in [-0.4, -0.2) is 25.2 Å². The molecule has 0 aliphatic rings. The number of carbonyl (C=O) groups is 1. The van der Waals surface area contributed by atoms with Crippen molar-refractivity contribution in [2.45, 2.75) is 26.4 Å². The predicted molar refractivity (Wildman–Crippen MR) is 90.2 cm³/mol. The minimum Gasteiger partial charge on any atom is -0.497 e. The van der Waals surface area contributed by atoms with E-state index in [0.717, 1.165) is 16.3 Å². The molecule has 0 bridgehead atoms. The van der Waals surface area contributed by atoms with Gasteiger partial charge < -0.3 is 20.1 Å². The van der Waals surface area contributed by atoms with Crippen LogP contribution >= 0.6 is 11.3 Å². The number of aromatic nitrogens is 1. The average Bonchev–Trinajstić information content (AvgIpc) is 2.97. The Balaban J connectivity index is 1.97. The number of nitrogens with one attached hydrogen (secondary N) is 2. The van der Waals surface area contributed by atoms with Crippen molar-refractivity contribution < 1.29 is 14.3 Å². The van der Waals surface area contributed by atoms with Crippen LogP contribution < -0.4 is 20.1 Å². The van der Waals surface area contributed by atoms with E-state index in [1.54, 1.807) is 14.2 Å². The lowest BCUT2D eigenvalue weighted by Gasteiger charge is -2.18. The third-order valence-corrected chi connectivity index (χ3v) is 4.28. The Kier molecular flexibility index (Phi) is 5.81. The van der Waals surface area contributed by atoms with Gasteiger partial charge in [-0.3, -0.25) is 0 Å². The smallest absolute Gasteiger partial charge is 0.315 e. The molecular weight excluding hydrogens is 314 g/mol. The van der Waals surface area contributed by atoms with E-state index >= 15 is 0 Å². The highest BCUT2D eigenvalue weighted by atomic mass is 32.1. The van der Waals surface area contributed by atoms with E-state index < -0.39 is 0 Å². The number of rotatable bonds is 6. The van der Waals surface area contributed by atoms with Crippen LogP contribution in [0.15, 0.2) is 23.6 Å². The Bertz CT molecular complexity index is 672. The Labute approximate surface area is 139 Å². The zero-order valence-electron chi connectivity index (χ0n) is 13.7. The molecule has 1 unspecified atom stereocenters. The van der Waals surface area contributed by atoms with Crippen LogP contribution in [0.3, 0.4) is 0 Å². The summed E-state index contributed by atoms with van der Waals surface area (Å²) < 4.78 is 10.6. The fourth-order valence-corrected chi connectivity index (χ4v) is 2.85. The van der Waals surface area contributed by atoms with Crippen molar-refractivity contribution in [1.29, 1.82) is 0 Å². The Hall–Kier alpha value is -2.28. The number of ether oxygens (including phenoxy) is 2. The van der Waals surface area contributed by atoms with Crippen LogP contribution in [0, 0.1) is 6.92 Å². The summed E-state index contributed by atoms with van der Waals surface area (Å²) in [5, 5.41) is 8.53. The molecule has 0 saturated heterocycles. The maximum atomic E-state index is 12.0. The minimum atomic E-state index is -0.254. The second-order valence-corrected chi connectivity index (χ2v) is 5.98. The number of hydrogen-bond donors (Lipinski definition) is 2. The number of hydrogen-bond acceptors (Lipinski definition) is 5. The van der Waals surface area contributed by atoms with Gasteiger partial charge in [-0.15, -0.1) is 11.3 Å². The highest BCUT2D eigenvalue weighted by molar-refractivity contribution is 7.09. The summed E-state index contributed by atoms with van der Waals surface area (Å²) in [6, 6.07) is 5.02. The summed E-state index contributed by atoms with van der Waals surface area (Å²) in [6.07, 6.45) is 0. The van der Waals surface area contributed by atoms with E-state index in [9.17, 15) is 4.79 Å². The van der Waals surface area contributed by atoms with Crippen molar-refractivity contribution in [2.24, 2.45) is 0 Å². The van der Waals surface area contributed by atoms with Crippen LogP contribution in [0.4, 0.5) is 4.79 Å². The molecule has 23 heavy (non-hydrogen) atoms. The molecule has 1 atom stereocenters. The summed E-state index contributed by atoms with van der Waals surface area (Å²) in [5.41, 5.74) is 1.81.